The average molecular weight is 427 g/mol. The molecule has 2 saturated carbocycles. The van der Waals surface area contributed by atoms with E-state index in [4.69, 9.17) is 11.5 Å². The highest BCUT2D eigenvalue weighted by atomic mass is 16.3. The van der Waals surface area contributed by atoms with Crippen molar-refractivity contribution in [3.63, 3.8) is 0 Å². The molecule has 1 amide bonds. The molecular formula is C19H25N9O3. The Balaban J connectivity index is 1.62. The summed E-state index contributed by atoms with van der Waals surface area (Å²) in [6.07, 6.45) is 7.10. The Morgan fingerprint density at radius 1 is 1.19 bits per heavy atom. The maximum Gasteiger partial charge on any atom is 0.254 e. The molecule has 3 heterocycles. The van der Waals surface area contributed by atoms with Crippen LogP contribution in [0.1, 0.15) is 48.5 Å². The van der Waals surface area contributed by atoms with Crippen LogP contribution < -0.4 is 16.8 Å². The summed E-state index contributed by atoms with van der Waals surface area (Å²) in [5.41, 5.74) is 12.6. The molecule has 2 aliphatic rings. The van der Waals surface area contributed by atoms with Crippen LogP contribution in [-0.4, -0.2) is 69.7 Å². The van der Waals surface area contributed by atoms with E-state index in [2.05, 4.69) is 25.4 Å². The number of hydrogen-bond acceptors (Lipinski definition) is 9. The highest BCUT2D eigenvalue weighted by Gasteiger charge is 2.41. The lowest BCUT2D eigenvalue weighted by atomic mass is 10.2. The van der Waals surface area contributed by atoms with Gasteiger partial charge in [-0.2, -0.15) is 15.1 Å². The van der Waals surface area contributed by atoms with E-state index in [1.807, 2.05) is 0 Å². The first-order valence-electron chi connectivity index (χ1n) is 10.4. The van der Waals surface area contributed by atoms with Crippen molar-refractivity contribution in [2.45, 2.75) is 62.4 Å². The van der Waals surface area contributed by atoms with E-state index in [0.29, 0.717) is 23.4 Å². The summed E-state index contributed by atoms with van der Waals surface area (Å²) >= 11 is 0. The minimum absolute atomic E-state index is 0.236. The molecule has 4 atom stereocenters. The molecule has 5 rings (SSSR count). The van der Waals surface area contributed by atoms with Gasteiger partial charge in [0, 0.05) is 18.3 Å². The molecule has 3 aromatic rings. The van der Waals surface area contributed by atoms with Gasteiger partial charge in [0.1, 0.15) is 6.10 Å². The molecule has 12 nitrogen and oxygen atoms in total. The summed E-state index contributed by atoms with van der Waals surface area (Å²) in [6, 6.07) is -0.739. The largest absolute Gasteiger partial charge is 0.389 e. The third-order valence-corrected chi connectivity index (χ3v) is 6.23. The molecule has 7 N–H and O–H groups in total. The van der Waals surface area contributed by atoms with Gasteiger partial charge in [-0.25, -0.2) is 9.67 Å². The molecule has 164 valence electrons. The summed E-state index contributed by atoms with van der Waals surface area (Å²) in [7, 11) is 0. The van der Waals surface area contributed by atoms with Crippen molar-refractivity contribution in [1.29, 1.82) is 0 Å². The molecule has 31 heavy (non-hydrogen) atoms. The van der Waals surface area contributed by atoms with E-state index < -0.39 is 30.2 Å². The number of nitrogens with zero attached hydrogens (tertiary/aromatic N) is 6. The molecular weight excluding hydrogens is 402 g/mol. The van der Waals surface area contributed by atoms with Crippen molar-refractivity contribution in [2.75, 3.05) is 5.32 Å². The first kappa shape index (κ1) is 19.8. The summed E-state index contributed by atoms with van der Waals surface area (Å²) < 4.78 is 3.10. The average Bonchev–Trinajstić information content (AvgIpc) is 3.53. The normalized spacial score (nSPS) is 26.7. The molecule has 0 spiro atoms. The van der Waals surface area contributed by atoms with Crippen LogP contribution in [0.25, 0.3) is 17.1 Å². The van der Waals surface area contributed by atoms with E-state index in [-0.39, 0.29) is 17.6 Å². The van der Waals surface area contributed by atoms with E-state index >= 15 is 0 Å². The van der Waals surface area contributed by atoms with Gasteiger partial charge < -0.3 is 31.6 Å². The van der Waals surface area contributed by atoms with Gasteiger partial charge >= 0.3 is 0 Å². The fraction of sp³-hybridized carbons (Fsp3) is 0.526. The molecule has 2 fully saturated rings. The van der Waals surface area contributed by atoms with E-state index in [1.54, 1.807) is 10.9 Å². The van der Waals surface area contributed by atoms with Gasteiger partial charge in [-0.3, -0.25) is 4.79 Å². The Morgan fingerprint density at radius 2 is 1.97 bits per heavy atom. The summed E-state index contributed by atoms with van der Waals surface area (Å²) in [6.45, 7) is 0. The fourth-order valence-electron chi connectivity index (χ4n) is 4.49. The lowest BCUT2D eigenvalue weighted by Crippen LogP contribution is -2.35. The van der Waals surface area contributed by atoms with Crippen LogP contribution in [0.4, 0.5) is 5.82 Å². The number of amides is 1. The predicted molar refractivity (Wildman–Crippen MR) is 110 cm³/mol. The lowest BCUT2D eigenvalue weighted by Gasteiger charge is -2.19. The van der Waals surface area contributed by atoms with Gasteiger partial charge in [-0.1, -0.05) is 12.8 Å². The topological polar surface area (TPSA) is 183 Å². The number of imidazole rings is 1. The molecule has 12 heteroatoms. The van der Waals surface area contributed by atoms with Gasteiger partial charge in [0.2, 0.25) is 0 Å². The van der Waals surface area contributed by atoms with Crippen LogP contribution in [0.2, 0.25) is 0 Å². The van der Waals surface area contributed by atoms with E-state index in [0.717, 1.165) is 25.7 Å². The number of nitrogens with one attached hydrogen (secondary N) is 1. The summed E-state index contributed by atoms with van der Waals surface area (Å²) in [5.74, 6) is 0.192. The molecule has 0 saturated heterocycles. The predicted octanol–water partition coefficient (Wildman–Crippen LogP) is -0.541. The number of carbonyl (C=O) groups excluding carboxylic acids is 1. The highest BCUT2D eigenvalue weighted by molar-refractivity contribution is 5.92. The number of primary amides is 1. The van der Waals surface area contributed by atoms with Crippen molar-refractivity contribution < 1.29 is 15.0 Å². The second kappa shape index (κ2) is 7.55. The molecule has 0 radical (unpaired) electrons. The second-order valence-electron chi connectivity index (χ2n) is 8.31. The third kappa shape index (κ3) is 3.42. The van der Waals surface area contributed by atoms with Gasteiger partial charge in [-0.05, 0) is 19.3 Å². The highest BCUT2D eigenvalue weighted by Crippen LogP contribution is 2.34. The Kier molecular flexibility index (Phi) is 4.84. The van der Waals surface area contributed by atoms with E-state index in [1.165, 1.54) is 17.1 Å². The minimum atomic E-state index is -1.04. The Bertz CT molecular complexity index is 1120. The number of fused-ring (bicyclic) bond motifs is 1. The maximum atomic E-state index is 11.5. The summed E-state index contributed by atoms with van der Waals surface area (Å²) in [4.78, 5) is 25.2. The fourth-order valence-corrected chi connectivity index (χ4v) is 4.49. The molecule has 0 unspecified atom stereocenters. The molecule has 3 aromatic heterocycles. The first-order chi connectivity index (χ1) is 14.9. The molecule has 0 bridgehead atoms. The SMILES string of the molecule is NC(=O)c1cnn(-c2nc(NC3CCCC3)c3ncn([C@@H]4C[C@H](N)[C@@H](O)[C@H]4O)c3n2)c1. The number of aliphatic hydroxyl groups is 2. The first-order valence-corrected chi connectivity index (χ1v) is 10.4. The zero-order valence-corrected chi connectivity index (χ0v) is 16.8. The lowest BCUT2D eigenvalue weighted by molar-refractivity contribution is 0.0187. The standard InChI is InChI=1S/C19H25N9O3/c20-11-5-12(15(30)14(11)29)27-8-22-13-17(24-10-3-1-2-4-10)25-19(26-18(13)27)28-7-9(6-23-28)16(21)31/h6-8,10-12,14-15,29-30H,1-5,20H2,(H2,21,31)(H,24,25,26)/t11-,12+,14+,15-/m0/s1. The molecule has 0 aromatic carbocycles. The second-order valence-corrected chi connectivity index (χ2v) is 8.31. The van der Waals surface area contributed by atoms with Crippen molar-refractivity contribution in [3.05, 3.63) is 24.3 Å². The van der Waals surface area contributed by atoms with Crippen molar-refractivity contribution >= 4 is 22.9 Å². The van der Waals surface area contributed by atoms with Crippen LogP contribution in [-0.2, 0) is 0 Å². The Hall–Kier alpha value is -3.09. The van der Waals surface area contributed by atoms with Gasteiger partial charge in [-0.15, -0.1) is 0 Å². The van der Waals surface area contributed by atoms with Gasteiger partial charge in [0.05, 0.1) is 30.2 Å². The van der Waals surface area contributed by atoms with Crippen molar-refractivity contribution in [2.24, 2.45) is 11.5 Å². The number of carbonyl (C=O) groups is 1. The Morgan fingerprint density at radius 3 is 2.61 bits per heavy atom. The van der Waals surface area contributed by atoms with Gasteiger partial charge in [0.25, 0.3) is 11.9 Å². The quantitative estimate of drug-likeness (QED) is 0.357. The maximum absolute atomic E-state index is 11.5. The Labute approximate surface area is 177 Å². The molecule has 0 aliphatic heterocycles. The molecule has 2 aliphatic carbocycles. The number of rotatable bonds is 5. The van der Waals surface area contributed by atoms with Gasteiger partial charge in [0.15, 0.2) is 17.0 Å². The minimum Gasteiger partial charge on any atom is -0.389 e. The van der Waals surface area contributed by atoms with Crippen molar-refractivity contribution in [3.8, 4) is 5.95 Å². The summed E-state index contributed by atoms with van der Waals surface area (Å²) in [5, 5.41) is 28.3. The monoisotopic (exact) mass is 427 g/mol. The third-order valence-electron chi connectivity index (χ3n) is 6.23. The number of anilines is 1. The smallest absolute Gasteiger partial charge is 0.254 e. The number of nitrogens with two attached hydrogens (primary N) is 2. The number of aliphatic hydroxyl groups excluding tert-OH is 2. The van der Waals surface area contributed by atoms with Crippen LogP contribution in [0.15, 0.2) is 18.7 Å². The number of hydrogen-bond donors (Lipinski definition) is 5. The van der Waals surface area contributed by atoms with Crippen LogP contribution >= 0.6 is 0 Å². The van der Waals surface area contributed by atoms with Crippen LogP contribution in [0.5, 0.6) is 0 Å². The zero-order chi connectivity index (χ0) is 21.7. The number of aromatic nitrogens is 6. The van der Waals surface area contributed by atoms with E-state index in [9.17, 15) is 15.0 Å². The van der Waals surface area contributed by atoms with Crippen LogP contribution in [0.3, 0.4) is 0 Å². The van der Waals surface area contributed by atoms with Crippen LogP contribution in [0, 0.1) is 0 Å². The zero-order valence-electron chi connectivity index (χ0n) is 16.8. The van der Waals surface area contributed by atoms with Crippen molar-refractivity contribution in [1.82, 2.24) is 29.3 Å².